The van der Waals surface area contributed by atoms with Crippen molar-refractivity contribution in [1.29, 1.82) is 0 Å². The molecule has 1 amide bonds. The Morgan fingerprint density at radius 1 is 1.30 bits per heavy atom. The van der Waals surface area contributed by atoms with Gasteiger partial charge in [0.25, 0.3) is 0 Å². The van der Waals surface area contributed by atoms with Crippen molar-refractivity contribution < 1.29 is 19.4 Å². The van der Waals surface area contributed by atoms with Crippen LogP contribution in [0.4, 0.5) is 16.6 Å². The van der Waals surface area contributed by atoms with Crippen molar-refractivity contribution in [2.24, 2.45) is 5.92 Å². The molecule has 0 spiro atoms. The van der Waals surface area contributed by atoms with Crippen molar-refractivity contribution in [2.45, 2.75) is 51.3 Å². The van der Waals surface area contributed by atoms with Crippen molar-refractivity contribution in [2.75, 3.05) is 23.4 Å². The van der Waals surface area contributed by atoms with E-state index in [1.54, 1.807) is 12.3 Å². The SMILES string of the molecule is CC[C@@H](O)[C@H]1COC(=O)N1c1ccnc(N[C@@H](C)c2ccc(OCC3CC3)cc2)n1. The second kappa shape index (κ2) is 8.87. The van der Waals surface area contributed by atoms with Crippen LogP contribution in [0.15, 0.2) is 36.5 Å². The molecule has 0 bridgehead atoms. The molecule has 1 aliphatic heterocycles. The summed E-state index contributed by atoms with van der Waals surface area (Å²) in [7, 11) is 0. The Kier molecular flexibility index (Phi) is 6.03. The second-order valence-electron chi connectivity index (χ2n) is 7.92. The Bertz CT molecular complexity index is 872. The molecule has 1 aromatic heterocycles. The fraction of sp³-hybridized carbons (Fsp3) is 0.500. The predicted octanol–water partition coefficient (Wildman–Crippen LogP) is 3.53. The van der Waals surface area contributed by atoms with Gasteiger partial charge in [-0.1, -0.05) is 19.1 Å². The van der Waals surface area contributed by atoms with Crippen molar-refractivity contribution in [3.8, 4) is 5.75 Å². The number of cyclic esters (lactones) is 1. The van der Waals surface area contributed by atoms with E-state index in [0.29, 0.717) is 18.2 Å². The number of carbonyl (C=O) groups excluding carboxylic acids is 1. The van der Waals surface area contributed by atoms with Gasteiger partial charge in [0, 0.05) is 6.20 Å². The summed E-state index contributed by atoms with van der Waals surface area (Å²) in [5.74, 6) is 2.41. The van der Waals surface area contributed by atoms with Gasteiger partial charge in [0.05, 0.1) is 18.8 Å². The first-order valence-corrected chi connectivity index (χ1v) is 10.5. The third-order valence-electron chi connectivity index (χ3n) is 5.56. The number of ether oxygens (including phenoxy) is 2. The minimum absolute atomic E-state index is 0.0414. The van der Waals surface area contributed by atoms with Gasteiger partial charge in [-0.15, -0.1) is 0 Å². The van der Waals surface area contributed by atoms with Crippen LogP contribution in [0.5, 0.6) is 5.75 Å². The van der Waals surface area contributed by atoms with Crippen molar-refractivity contribution in [3.05, 3.63) is 42.1 Å². The molecule has 30 heavy (non-hydrogen) atoms. The zero-order chi connectivity index (χ0) is 21.1. The smallest absolute Gasteiger partial charge is 0.416 e. The average Bonchev–Trinajstić information content (AvgIpc) is 3.52. The van der Waals surface area contributed by atoms with Gasteiger partial charge < -0.3 is 19.9 Å². The predicted molar refractivity (Wildman–Crippen MR) is 113 cm³/mol. The minimum atomic E-state index is -0.678. The number of rotatable bonds is 9. The molecular formula is C22H28N4O4. The van der Waals surface area contributed by atoms with Gasteiger partial charge in [-0.2, -0.15) is 4.98 Å². The second-order valence-corrected chi connectivity index (χ2v) is 7.92. The number of anilines is 2. The van der Waals surface area contributed by atoms with Gasteiger partial charge in [-0.05, 0) is 55.9 Å². The standard InChI is InChI=1S/C22H28N4O4/c1-3-19(27)18-13-30-22(28)26(18)20-10-11-23-21(25-20)24-14(2)16-6-8-17(9-7-16)29-12-15-4-5-15/h6-11,14-15,18-19,27H,3-5,12-13H2,1-2H3,(H,23,24,25)/t14-,18+,19+/m0/s1. The van der Waals surface area contributed by atoms with Crippen LogP contribution in [-0.2, 0) is 4.74 Å². The van der Waals surface area contributed by atoms with E-state index >= 15 is 0 Å². The number of nitrogens with zero attached hydrogens (tertiary/aromatic N) is 3. The van der Waals surface area contributed by atoms with Crippen LogP contribution in [0.2, 0.25) is 0 Å². The molecule has 8 nitrogen and oxygen atoms in total. The van der Waals surface area contributed by atoms with E-state index in [-0.39, 0.29) is 12.6 Å². The normalized spacial score (nSPS) is 20.6. The highest BCUT2D eigenvalue weighted by molar-refractivity contribution is 5.89. The molecule has 4 rings (SSSR count). The third kappa shape index (κ3) is 4.64. The fourth-order valence-corrected chi connectivity index (χ4v) is 3.44. The number of aromatic nitrogens is 2. The number of aliphatic hydroxyl groups excluding tert-OH is 1. The number of benzene rings is 1. The molecule has 0 unspecified atom stereocenters. The highest BCUT2D eigenvalue weighted by Crippen LogP contribution is 2.30. The summed E-state index contributed by atoms with van der Waals surface area (Å²) in [5.41, 5.74) is 1.07. The molecule has 3 atom stereocenters. The number of amides is 1. The number of nitrogens with one attached hydrogen (secondary N) is 1. The van der Waals surface area contributed by atoms with Gasteiger partial charge in [-0.25, -0.2) is 9.78 Å². The molecule has 1 aliphatic carbocycles. The van der Waals surface area contributed by atoms with Crippen molar-refractivity contribution in [3.63, 3.8) is 0 Å². The summed E-state index contributed by atoms with van der Waals surface area (Å²) in [5, 5.41) is 13.5. The van der Waals surface area contributed by atoms with Crippen LogP contribution < -0.4 is 15.0 Å². The van der Waals surface area contributed by atoms with Gasteiger partial charge in [0.15, 0.2) is 0 Å². The van der Waals surface area contributed by atoms with Gasteiger partial charge in [0.2, 0.25) is 5.95 Å². The first-order chi connectivity index (χ1) is 14.5. The first kappa shape index (κ1) is 20.4. The molecule has 1 saturated heterocycles. The zero-order valence-electron chi connectivity index (χ0n) is 17.3. The molecule has 2 aromatic rings. The van der Waals surface area contributed by atoms with Gasteiger partial charge >= 0.3 is 6.09 Å². The van der Waals surface area contributed by atoms with E-state index in [1.165, 1.54) is 17.7 Å². The molecule has 2 heterocycles. The lowest BCUT2D eigenvalue weighted by Gasteiger charge is -2.24. The van der Waals surface area contributed by atoms with Crippen LogP contribution in [0.25, 0.3) is 0 Å². The van der Waals surface area contributed by atoms with E-state index < -0.39 is 18.2 Å². The van der Waals surface area contributed by atoms with E-state index in [2.05, 4.69) is 15.3 Å². The van der Waals surface area contributed by atoms with E-state index in [9.17, 15) is 9.90 Å². The maximum atomic E-state index is 12.2. The van der Waals surface area contributed by atoms with Gasteiger partial charge in [-0.3, -0.25) is 4.90 Å². The molecule has 0 radical (unpaired) electrons. The highest BCUT2D eigenvalue weighted by atomic mass is 16.6. The van der Waals surface area contributed by atoms with E-state index in [1.807, 2.05) is 38.1 Å². The van der Waals surface area contributed by atoms with Crippen LogP contribution in [0, 0.1) is 5.92 Å². The molecule has 8 heteroatoms. The topological polar surface area (TPSA) is 96.8 Å². The molecule has 160 valence electrons. The Morgan fingerprint density at radius 3 is 2.77 bits per heavy atom. The van der Waals surface area contributed by atoms with Crippen LogP contribution in [-0.4, -0.2) is 46.5 Å². The quantitative estimate of drug-likeness (QED) is 0.650. The Balaban J connectivity index is 1.42. The molecule has 2 N–H and O–H groups in total. The lowest BCUT2D eigenvalue weighted by atomic mass is 10.1. The first-order valence-electron chi connectivity index (χ1n) is 10.5. The number of aliphatic hydroxyl groups is 1. The summed E-state index contributed by atoms with van der Waals surface area (Å²) < 4.78 is 10.9. The Labute approximate surface area is 176 Å². The highest BCUT2D eigenvalue weighted by Gasteiger charge is 2.39. The third-order valence-corrected chi connectivity index (χ3v) is 5.56. The monoisotopic (exact) mass is 412 g/mol. The molecule has 2 fully saturated rings. The van der Waals surface area contributed by atoms with Crippen molar-refractivity contribution >= 4 is 17.9 Å². The fourth-order valence-electron chi connectivity index (χ4n) is 3.44. The average molecular weight is 412 g/mol. The maximum absolute atomic E-state index is 12.2. The van der Waals surface area contributed by atoms with E-state index in [4.69, 9.17) is 9.47 Å². The summed E-state index contributed by atoms with van der Waals surface area (Å²) >= 11 is 0. The number of hydrogen-bond acceptors (Lipinski definition) is 7. The Hall–Kier alpha value is -2.87. The zero-order valence-corrected chi connectivity index (χ0v) is 17.3. The maximum Gasteiger partial charge on any atom is 0.416 e. The van der Waals surface area contributed by atoms with Crippen LogP contribution in [0.1, 0.15) is 44.7 Å². The van der Waals surface area contributed by atoms with Crippen LogP contribution >= 0.6 is 0 Å². The minimum Gasteiger partial charge on any atom is -0.493 e. The summed E-state index contributed by atoms with van der Waals surface area (Å²) in [6.07, 6.45) is 3.46. The summed E-state index contributed by atoms with van der Waals surface area (Å²) in [6.45, 7) is 4.82. The van der Waals surface area contributed by atoms with E-state index in [0.717, 1.165) is 23.8 Å². The molecule has 1 saturated carbocycles. The largest absolute Gasteiger partial charge is 0.493 e. The number of carbonyl (C=O) groups is 1. The number of hydrogen-bond donors (Lipinski definition) is 2. The summed E-state index contributed by atoms with van der Waals surface area (Å²) in [6, 6.07) is 9.15. The molecular weight excluding hydrogens is 384 g/mol. The Morgan fingerprint density at radius 2 is 2.07 bits per heavy atom. The van der Waals surface area contributed by atoms with Crippen LogP contribution in [0.3, 0.4) is 0 Å². The van der Waals surface area contributed by atoms with Gasteiger partial charge in [0.1, 0.15) is 24.2 Å². The lowest BCUT2D eigenvalue weighted by molar-refractivity contribution is 0.125. The molecule has 2 aliphatic rings. The lowest BCUT2D eigenvalue weighted by Crippen LogP contribution is -2.42. The van der Waals surface area contributed by atoms with Crippen molar-refractivity contribution in [1.82, 2.24) is 9.97 Å². The molecule has 1 aromatic carbocycles. The summed E-state index contributed by atoms with van der Waals surface area (Å²) in [4.78, 5) is 22.3.